The zero-order valence-electron chi connectivity index (χ0n) is 16.2. The molecule has 0 bridgehead atoms. The number of phosphoric acid groups is 3. The van der Waals surface area contributed by atoms with Gasteiger partial charge in [0.05, 0.1) is 6.33 Å². The highest BCUT2D eigenvalue weighted by atomic mass is 31.3. The Morgan fingerprint density at radius 2 is 1.74 bits per heavy atom. The first-order valence-corrected chi connectivity index (χ1v) is 14.1. The Kier molecular flexibility index (Phi) is 8.01. The molecule has 1 aliphatic rings. The molecule has 0 radical (unpaired) electrons. The quantitative estimate of drug-likeness (QED) is 0.169. The van der Waals surface area contributed by atoms with Crippen molar-refractivity contribution in [1.29, 1.82) is 0 Å². The van der Waals surface area contributed by atoms with Gasteiger partial charge < -0.3 is 35.4 Å². The number of nitrogen functional groups attached to an aromatic ring is 1. The standard InChI is InChI=1S/C10H15N5O15P4/c11-8-5-9(13-2-12-8)15(3-14-5)10-7(17)6(16)4(27-10)1-26-31(18)28-33(22,23)30-34(24,25)29-32(19,20)21/h2-4,6-7,10,16-17H,1H2,(H5-,11,12,13,19,20,21,22,23,24,25)/p+1/t4-,6?,7?,10-/m1/s1. The summed E-state index contributed by atoms with van der Waals surface area (Å²) < 4.78 is 67.4. The number of ether oxygens (including phenoxy) is 1. The van der Waals surface area contributed by atoms with Gasteiger partial charge in [-0.1, -0.05) is 0 Å². The largest absolute Gasteiger partial charge is 0.708 e. The number of aromatic nitrogens is 4. The third-order valence-corrected chi connectivity index (χ3v) is 8.97. The molecule has 1 fully saturated rings. The summed E-state index contributed by atoms with van der Waals surface area (Å²) in [5.41, 5.74) is 6.02. The van der Waals surface area contributed by atoms with E-state index in [1.54, 1.807) is 0 Å². The van der Waals surface area contributed by atoms with Gasteiger partial charge in [0.25, 0.3) is 0 Å². The predicted octanol–water partition coefficient (Wildman–Crippen LogP) is -0.955. The first-order chi connectivity index (χ1) is 15.6. The number of aliphatic hydroxyl groups excluding tert-OH is 2. The molecule has 20 nitrogen and oxygen atoms in total. The van der Waals surface area contributed by atoms with Crippen LogP contribution in [0.15, 0.2) is 12.7 Å². The van der Waals surface area contributed by atoms with Crippen molar-refractivity contribution in [2.45, 2.75) is 24.5 Å². The Hall–Kier alpha value is -1.30. The molecule has 0 saturated carbocycles. The summed E-state index contributed by atoms with van der Waals surface area (Å²) in [5.74, 6) is 0.0417. The normalized spacial score (nSPS) is 27.4. The monoisotopic (exact) mass is 570 g/mol. The number of anilines is 1. The summed E-state index contributed by atoms with van der Waals surface area (Å²) in [6, 6.07) is 0. The number of hydrogen-bond donors (Lipinski definition) is 7. The van der Waals surface area contributed by atoms with E-state index >= 15 is 0 Å². The van der Waals surface area contributed by atoms with Crippen molar-refractivity contribution in [1.82, 2.24) is 19.5 Å². The minimum absolute atomic E-state index is 0.0417. The number of imidazole rings is 1. The lowest BCUT2D eigenvalue weighted by Crippen LogP contribution is -2.33. The highest BCUT2D eigenvalue weighted by Gasteiger charge is 2.49. The van der Waals surface area contributed by atoms with Crippen molar-refractivity contribution in [3.8, 4) is 0 Å². The van der Waals surface area contributed by atoms with Gasteiger partial charge in [-0.3, -0.25) is 9.46 Å². The van der Waals surface area contributed by atoms with Crippen LogP contribution >= 0.6 is 31.7 Å². The van der Waals surface area contributed by atoms with Crippen molar-refractivity contribution in [3.63, 3.8) is 0 Å². The number of hydrogen-bond acceptors (Lipinski definition) is 15. The highest BCUT2D eigenvalue weighted by Crippen LogP contribution is 2.68. The second-order valence-electron chi connectivity index (χ2n) is 6.32. The van der Waals surface area contributed by atoms with Gasteiger partial charge in [-0.05, 0) is 4.31 Å². The molecule has 34 heavy (non-hydrogen) atoms. The molecule has 0 amide bonds. The van der Waals surface area contributed by atoms with Crippen molar-refractivity contribution in [3.05, 3.63) is 12.7 Å². The zero-order valence-corrected chi connectivity index (χ0v) is 19.8. The van der Waals surface area contributed by atoms with E-state index in [0.717, 1.165) is 6.33 Å². The van der Waals surface area contributed by atoms with Crippen LogP contribution in [0.3, 0.4) is 0 Å². The predicted molar refractivity (Wildman–Crippen MR) is 104 cm³/mol. The molecule has 0 spiro atoms. The topological polar surface area (TPSA) is 305 Å². The molecule has 3 rings (SSSR count). The summed E-state index contributed by atoms with van der Waals surface area (Å²) in [7, 11) is -20.7. The number of nitrogens with zero attached hydrogens (tertiary/aromatic N) is 4. The van der Waals surface area contributed by atoms with Crippen LogP contribution in [0.5, 0.6) is 0 Å². The second kappa shape index (κ2) is 9.99. The van der Waals surface area contributed by atoms with Crippen LogP contribution in [0.1, 0.15) is 6.23 Å². The SMILES string of the molecule is Nc1ncnc2c1ncn2[C@@H]1O[C@H](CO[P+](=O)OP(=O)(O)OP(=O)(O)OP(=O)(O)O)C(O)C1O. The number of fused-ring (bicyclic) bond motifs is 1. The summed E-state index contributed by atoms with van der Waals surface area (Å²) in [6.45, 7) is -0.802. The molecule has 7 atom stereocenters. The molecule has 5 unspecified atom stereocenters. The Morgan fingerprint density at radius 3 is 2.38 bits per heavy atom. The third kappa shape index (κ3) is 6.67. The van der Waals surface area contributed by atoms with E-state index in [0.29, 0.717) is 0 Å². The lowest BCUT2D eigenvalue weighted by Gasteiger charge is -2.16. The van der Waals surface area contributed by atoms with E-state index in [2.05, 4.69) is 32.4 Å². The van der Waals surface area contributed by atoms with E-state index in [-0.39, 0.29) is 17.0 Å². The van der Waals surface area contributed by atoms with Gasteiger partial charge in [-0.2, -0.15) is 8.62 Å². The van der Waals surface area contributed by atoms with Gasteiger partial charge >= 0.3 is 31.7 Å². The van der Waals surface area contributed by atoms with Gasteiger partial charge in [0.15, 0.2) is 17.7 Å². The molecule has 8 N–H and O–H groups in total. The maximum atomic E-state index is 11.8. The molecule has 24 heteroatoms. The number of aliphatic hydroxyl groups is 2. The summed E-state index contributed by atoms with van der Waals surface area (Å²) >= 11 is 0. The molecule has 1 saturated heterocycles. The first kappa shape index (κ1) is 27.3. The van der Waals surface area contributed by atoms with Gasteiger partial charge in [0.1, 0.15) is 36.8 Å². The van der Waals surface area contributed by atoms with Crippen molar-refractivity contribution < 1.29 is 70.2 Å². The summed E-state index contributed by atoms with van der Waals surface area (Å²) in [6.07, 6.45) is -3.51. The van der Waals surface area contributed by atoms with Crippen LogP contribution in [0.4, 0.5) is 5.82 Å². The molecular formula is C10H16N5O15P4+. The Labute approximate surface area is 188 Å². The molecule has 190 valence electrons. The average Bonchev–Trinajstić information content (AvgIpc) is 3.19. The lowest BCUT2D eigenvalue weighted by molar-refractivity contribution is -0.0476. The van der Waals surface area contributed by atoms with Gasteiger partial charge in [-0.25, -0.2) is 28.6 Å². The van der Waals surface area contributed by atoms with Crippen molar-refractivity contribution in [2.24, 2.45) is 0 Å². The smallest absolute Gasteiger partial charge is 0.387 e. The maximum Gasteiger partial charge on any atom is 0.708 e. The van der Waals surface area contributed by atoms with Gasteiger partial charge in [-0.15, -0.1) is 4.52 Å². The third-order valence-electron chi connectivity index (χ3n) is 3.93. The van der Waals surface area contributed by atoms with Crippen LogP contribution in [0.25, 0.3) is 11.2 Å². The first-order valence-electron chi connectivity index (χ1n) is 8.47. The van der Waals surface area contributed by atoms with Crippen LogP contribution in [-0.4, -0.2) is 74.2 Å². The molecule has 2 aromatic heterocycles. The van der Waals surface area contributed by atoms with E-state index in [1.165, 1.54) is 10.9 Å². The van der Waals surface area contributed by atoms with Crippen LogP contribution in [0, 0.1) is 0 Å². The summed E-state index contributed by atoms with van der Waals surface area (Å²) in [5, 5.41) is 20.5. The zero-order chi connectivity index (χ0) is 25.5. The maximum absolute atomic E-state index is 11.8. The van der Waals surface area contributed by atoms with E-state index < -0.39 is 62.9 Å². The Balaban J connectivity index is 1.60. The second-order valence-corrected chi connectivity index (χ2v) is 11.8. The lowest BCUT2D eigenvalue weighted by atomic mass is 10.1. The number of nitrogens with two attached hydrogens (primary N) is 1. The van der Waals surface area contributed by atoms with Gasteiger partial charge in [0.2, 0.25) is 0 Å². The van der Waals surface area contributed by atoms with Gasteiger partial charge in [0, 0.05) is 4.57 Å². The van der Waals surface area contributed by atoms with E-state index in [1.807, 2.05) is 0 Å². The van der Waals surface area contributed by atoms with E-state index in [4.69, 9.17) is 25.2 Å². The van der Waals surface area contributed by atoms with Crippen molar-refractivity contribution in [2.75, 3.05) is 12.3 Å². The Bertz CT molecular complexity index is 1220. The van der Waals surface area contributed by atoms with Crippen molar-refractivity contribution >= 4 is 48.7 Å². The minimum atomic E-state index is -5.82. The average molecular weight is 570 g/mol. The fourth-order valence-corrected chi connectivity index (χ4v) is 6.71. The fourth-order valence-electron chi connectivity index (χ4n) is 2.69. The van der Waals surface area contributed by atoms with Crippen LogP contribution in [-0.2, 0) is 40.5 Å². The Morgan fingerprint density at radius 1 is 1.06 bits per heavy atom. The van der Waals surface area contributed by atoms with Crippen LogP contribution in [0.2, 0.25) is 0 Å². The molecule has 0 aliphatic carbocycles. The molecule has 1 aliphatic heterocycles. The number of rotatable bonds is 10. The molecular weight excluding hydrogens is 554 g/mol. The fraction of sp³-hybridized carbons (Fsp3) is 0.500. The van der Waals surface area contributed by atoms with Crippen LogP contribution < -0.4 is 5.73 Å². The molecule has 2 aromatic rings. The molecule has 3 heterocycles. The van der Waals surface area contributed by atoms with E-state index in [9.17, 15) is 33.4 Å². The minimum Gasteiger partial charge on any atom is -0.387 e. The summed E-state index contributed by atoms with van der Waals surface area (Å²) in [4.78, 5) is 47.0. The molecule has 0 aromatic carbocycles. The highest BCUT2D eigenvalue weighted by molar-refractivity contribution is 7.68.